The SMILES string of the molecule is CCOC(=O)CN[C@H](CC(C)C)C(=O)N1CCC[C@H]1C(=O)NCc1ccc(C(=N)NC(=O)OCCOC)cc1.Cl. The lowest BCUT2D eigenvalue weighted by atomic mass is 10.0. The van der Waals surface area contributed by atoms with Crippen LogP contribution in [0, 0.1) is 11.3 Å². The highest BCUT2D eigenvalue weighted by molar-refractivity contribution is 6.04. The molecule has 0 unspecified atom stereocenters. The Morgan fingerprint density at radius 2 is 1.80 bits per heavy atom. The highest BCUT2D eigenvalue weighted by Crippen LogP contribution is 2.20. The molecule has 0 radical (unpaired) electrons. The van der Waals surface area contributed by atoms with Gasteiger partial charge in [0.25, 0.3) is 0 Å². The van der Waals surface area contributed by atoms with E-state index in [9.17, 15) is 19.2 Å². The zero-order chi connectivity index (χ0) is 28.8. The van der Waals surface area contributed by atoms with Gasteiger partial charge >= 0.3 is 12.1 Å². The number of benzene rings is 1. The van der Waals surface area contributed by atoms with Crippen LogP contribution in [0.4, 0.5) is 4.79 Å². The summed E-state index contributed by atoms with van der Waals surface area (Å²) >= 11 is 0. The van der Waals surface area contributed by atoms with E-state index in [0.29, 0.717) is 31.4 Å². The number of esters is 1. The molecule has 1 fully saturated rings. The van der Waals surface area contributed by atoms with E-state index < -0.39 is 24.1 Å². The predicted molar refractivity (Wildman–Crippen MR) is 151 cm³/mol. The summed E-state index contributed by atoms with van der Waals surface area (Å²) in [4.78, 5) is 51.5. The van der Waals surface area contributed by atoms with Crippen LogP contribution in [0.1, 0.15) is 51.2 Å². The maximum Gasteiger partial charge on any atom is 0.412 e. The van der Waals surface area contributed by atoms with Crippen molar-refractivity contribution in [3.05, 3.63) is 35.4 Å². The first-order chi connectivity index (χ1) is 18.7. The minimum Gasteiger partial charge on any atom is -0.465 e. The van der Waals surface area contributed by atoms with Crippen molar-refractivity contribution in [1.82, 2.24) is 20.9 Å². The molecule has 1 aromatic carbocycles. The Hall–Kier alpha value is -3.22. The molecule has 13 heteroatoms. The van der Waals surface area contributed by atoms with Gasteiger partial charge in [0.05, 0.1) is 25.8 Å². The maximum absolute atomic E-state index is 13.4. The molecule has 1 aliphatic heterocycles. The number of ether oxygens (including phenoxy) is 3. The van der Waals surface area contributed by atoms with Gasteiger partial charge in [0.15, 0.2) is 0 Å². The van der Waals surface area contributed by atoms with Crippen molar-refractivity contribution in [2.24, 2.45) is 5.92 Å². The number of amidine groups is 1. The molecule has 1 aliphatic rings. The van der Waals surface area contributed by atoms with Crippen LogP contribution in [0.3, 0.4) is 0 Å². The number of rotatable bonds is 14. The van der Waals surface area contributed by atoms with Crippen LogP contribution in [0.5, 0.6) is 0 Å². The maximum atomic E-state index is 13.4. The molecule has 4 N–H and O–H groups in total. The number of nitrogens with zero attached hydrogens (tertiary/aromatic N) is 1. The number of hydrogen-bond donors (Lipinski definition) is 4. The molecule has 1 aromatic rings. The van der Waals surface area contributed by atoms with E-state index in [1.54, 1.807) is 36.1 Å². The van der Waals surface area contributed by atoms with Crippen LogP contribution in [-0.4, -0.2) is 86.7 Å². The lowest BCUT2D eigenvalue weighted by Crippen LogP contribution is -2.53. The van der Waals surface area contributed by atoms with Gasteiger partial charge in [0.2, 0.25) is 11.8 Å². The monoisotopic (exact) mass is 583 g/mol. The van der Waals surface area contributed by atoms with E-state index in [1.165, 1.54) is 7.11 Å². The van der Waals surface area contributed by atoms with Crippen LogP contribution >= 0.6 is 12.4 Å². The van der Waals surface area contributed by atoms with E-state index >= 15 is 0 Å². The van der Waals surface area contributed by atoms with E-state index in [1.807, 2.05) is 13.8 Å². The molecule has 1 heterocycles. The van der Waals surface area contributed by atoms with E-state index in [-0.39, 0.29) is 68.9 Å². The zero-order valence-corrected chi connectivity index (χ0v) is 24.4. The first-order valence-electron chi connectivity index (χ1n) is 13.2. The van der Waals surface area contributed by atoms with Gasteiger partial charge in [0, 0.05) is 25.8 Å². The Bertz CT molecular complexity index is 990. The fourth-order valence-corrected chi connectivity index (χ4v) is 4.19. The van der Waals surface area contributed by atoms with Gasteiger partial charge in [-0.05, 0) is 37.7 Å². The topological polar surface area (TPSA) is 159 Å². The first-order valence-corrected chi connectivity index (χ1v) is 13.2. The van der Waals surface area contributed by atoms with Crippen LogP contribution < -0.4 is 16.0 Å². The zero-order valence-electron chi connectivity index (χ0n) is 23.6. The van der Waals surface area contributed by atoms with Crippen molar-refractivity contribution < 1.29 is 33.4 Å². The summed E-state index contributed by atoms with van der Waals surface area (Å²) < 4.78 is 14.7. The quantitative estimate of drug-likeness (QED) is 0.112. The molecular formula is C27H42ClN5O7. The molecule has 40 heavy (non-hydrogen) atoms. The number of methoxy groups -OCH3 is 1. The average molecular weight is 584 g/mol. The van der Waals surface area contributed by atoms with Crippen molar-refractivity contribution in [1.29, 1.82) is 5.41 Å². The van der Waals surface area contributed by atoms with Gasteiger partial charge in [-0.25, -0.2) is 4.79 Å². The summed E-state index contributed by atoms with van der Waals surface area (Å²) in [7, 11) is 1.49. The lowest BCUT2D eigenvalue weighted by Gasteiger charge is -2.29. The molecule has 2 atom stereocenters. The number of amides is 3. The van der Waals surface area contributed by atoms with Crippen LogP contribution in [-0.2, 0) is 35.1 Å². The summed E-state index contributed by atoms with van der Waals surface area (Å²) in [6.45, 7) is 6.99. The number of carbonyl (C=O) groups excluding carboxylic acids is 4. The second-order valence-electron chi connectivity index (χ2n) is 9.60. The number of halogens is 1. The Morgan fingerprint density at radius 1 is 1.10 bits per heavy atom. The van der Waals surface area contributed by atoms with Crippen molar-refractivity contribution in [2.75, 3.05) is 40.0 Å². The summed E-state index contributed by atoms with van der Waals surface area (Å²) in [5, 5.41) is 16.3. The highest BCUT2D eigenvalue weighted by atomic mass is 35.5. The minimum atomic E-state index is -0.740. The Balaban J connectivity index is 0.00000800. The largest absolute Gasteiger partial charge is 0.465 e. The second kappa shape index (κ2) is 18.2. The molecule has 0 spiro atoms. The van der Waals surface area contributed by atoms with Crippen molar-refractivity contribution in [3.8, 4) is 0 Å². The minimum absolute atomic E-state index is 0. The summed E-state index contributed by atoms with van der Waals surface area (Å²) in [6, 6.07) is 5.65. The molecule has 0 saturated carbocycles. The van der Waals surface area contributed by atoms with Gasteiger partial charge in [-0.15, -0.1) is 12.4 Å². The Kier molecular flexibility index (Phi) is 15.8. The standard InChI is InChI=1S/C27H41N5O7.ClH/c1-5-38-23(33)17-29-21(15-18(2)3)26(35)32-12-6-7-22(32)25(34)30-16-19-8-10-20(11-9-19)24(28)31-27(36)39-14-13-37-4;/h8-11,18,21-22,29H,5-7,12-17H2,1-4H3,(H,30,34)(H2,28,31,36);1H/t21-,22+;/m1./s1. The molecule has 12 nitrogen and oxygen atoms in total. The third kappa shape index (κ3) is 11.5. The van der Waals surface area contributed by atoms with Crippen molar-refractivity contribution in [2.45, 2.75) is 58.7 Å². The van der Waals surface area contributed by atoms with Crippen molar-refractivity contribution >= 4 is 42.1 Å². The molecule has 2 rings (SSSR count). The molecule has 0 aliphatic carbocycles. The number of likely N-dealkylation sites (tertiary alicyclic amines) is 1. The number of nitrogens with one attached hydrogen (secondary N) is 4. The van der Waals surface area contributed by atoms with Gasteiger partial charge in [-0.1, -0.05) is 38.1 Å². The summed E-state index contributed by atoms with van der Waals surface area (Å²) in [5.41, 5.74) is 1.28. The fraction of sp³-hybridized carbons (Fsp3) is 0.593. The molecule has 3 amide bonds. The predicted octanol–water partition coefficient (Wildman–Crippen LogP) is 1.98. The normalized spacial score (nSPS) is 15.1. The van der Waals surface area contributed by atoms with Gasteiger partial charge in [-0.2, -0.15) is 0 Å². The first kappa shape index (κ1) is 34.8. The van der Waals surface area contributed by atoms with E-state index in [4.69, 9.17) is 19.6 Å². The number of hydrogen-bond acceptors (Lipinski definition) is 9. The van der Waals surface area contributed by atoms with Gasteiger partial charge in [0.1, 0.15) is 18.5 Å². The second-order valence-corrected chi connectivity index (χ2v) is 9.60. The molecule has 1 saturated heterocycles. The van der Waals surface area contributed by atoms with Crippen LogP contribution in [0.2, 0.25) is 0 Å². The number of alkyl carbamates (subject to hydrolysis) is 1. The number of carbonyl (C=O) groups is 4. The molecule has 0 aromatic heterocycles. The van der Waals surface area contributed by atoms with Crippen LogP contribution in [0.25, 0.3) is 0 Å². The molecule has 224 valence electrons. The third-order valence-electron chi connectivity index (χ3n) is 6.10. The fourth-order valence-electron chi connectivity index (χ4n) is 4.19. The average Bonchev–Trinajstić information content (AvgIpc) is 3.40. The Morgan fingerprint density at radius 3 is 2.42 bits per heavy atom. The van der Waals surface area contributed by atoms with Crippen molar-refractivity contribution in [3.63, 3.8) is 0 Å². The van der Waals surface area contributed by atoms with Gasteiger partial charge in [-0.3, -0.25) is 30.4 Å². The molecular weight excluding hydrogens is 542 g/mol. The smallest absolute Gasteiger partial charge is 0.412 e. The van der Waals surface area contributed by atoms with E-state index in [2.05, 4.69) is 16.0 Å². The summed E-state index contributed by atoms with van der Waals surface area (Å²) in [5.74, 6) is -0.757. The van der Waals surface area contributed by atoms with Crippen LogP contribution in [0.15, 0.2) is 24.3 Å². The third-order valence-corrected chi connectivity index (χ3v) is 6.10. The Labute approximate surface area is 241 Å². The lowest BCUT2D eigenvalue weighted by molar-refractivity contribution is -0.143. The van der Waals surface area contributed by atoms with Gasteiger partial charge < -0.3 is 24.4 Å². The highest BCUT2D eigenvalue weighted by Gasteiger charge is 2.37. The summed E-state index contributed by atoms with van der Waals surface area (Å²) in [6.07, 6.45) is 1.07. The molecule has 0 bridgehead atoms. The van der Waals surface area contributed by atoms with E-state index in [0.717, 1.165) is 5.56 Å².